The van der Waals surface area contributed by atoms with Gasteiger partial charge in [-0.3, -0.25) is 4.79 Å². The number of fused-ring (bicyclic) bond motifs is 3. The maximum Gasteiger partial charge on any atom is 0.214 e. The predicted octanol–water partition coefficient (Wildman–Crippen LogP) is 3.24. The van der Waals surface area contributed by atoms with Gasteiger partial charge in [-0.1, -0.05) is 12.1 Å². The normalized spacial score (nSPS) is 32.2. The number of nitrogens with zero attached hydrogens (tertiary/aromatic N) is 2. The van der Waals surface area contributed by atoms with E-state index in [0.29, 0.717) is 12.0 Å². The van der Waals surface area contributed by atoms with Crippen molar-refractivity contribution in [2.24, 2.45) is 5.92 Å². The third-order valence-corrected chi connectivity index (χ3v) is 6.03. The fourth-order valence-electron chi connectivity index (χ4n) is 4.79. The molecule has 3 aliphatic heterocycles. The van der Waals surface area contributed by atoms with E-state index in [2.05, 4.69) is 30.0 Å². The third-order valence-electron chi connectivity index (χ3n) is 6.03. The van der Waals surface area contributed by atoms with E-state index in [1.54, 1.807) is 0 Å². The first-order valence-electron chi connectivity index (χ1n) is 9.51. The Hall–Kier alpha value is -1.55. The van der Waals surface area contributed by atoms with Gasteiger partial charge in [-0.05, 0) is 69.5 Å². The molecule has 0 radical (unpaired) electrons. The van der Waals surface area contributed by atoms with Crippen LogP contribution in [0.2, 0.25) is 0 Å². The van der Waals surface area contributed by atoms with Crippen LogP contribution >= 0.6 is 0 Å². The number of aryl methyl sites for hydroxylation is 1. The average Bonchev–Trinajstić information content (AvgIpc) is 2.79. The van der Waals surface area contributed by atoms with Crippen LogP contribution in [0.25, 0.3) is 0 Å². The van der Waals surface area contributed by atoms with E-state index in [1.165, 1.54) is 24.9 Å². The number of para-hydroxylation sites is 1. The molecule has 0 saturated carbocycles. The van der Waals surface area contributed by atoms with Crippen LogP contribution in [0.4, 0.5) is 5.69 Å². The van der Waals surface area contributed by atoms with Gasteiger partial charge in [-0.15, -0.1) is 0 Å². The molecule has 2 saturated heterocycles. The van der Waals surface area contributed by atoms with Gasteiger partial charge >= 0.3 is 0 Å². The highest BCUT2D eigenvalue weighted by Gasteiger charge is 2.37. The van der Waals surface area contributed by atoms with Gasteiger partial charge in [-0.2, -0.15) is 0 Å². The van der Waals surface area contributed by atoms with Gasteiger partial charge in [0.15, 0.2) is 0 Å². The van der Waals surface area contributed by atoms with Crippen LogP contribution in [0, 0.1) is 5.92 Å². The minimum Gasteiger partial charge on any atom is -0.488 e. The lowest BCUT2D eigenvalue weighted by Crippen LogP contribution is -2.53. The third kappa shape index (κ3) is 2.92. The summed E-state index contributed by atoms with van der Waals surface area (Å²) in [4.78, 5) is 16.6. The number of carbonyl (C=O) groups excluding carboxylic acids is 1. The molecule has 4 atom stereocenters. The highest BCUT2D eigenvalue weighted by molar-refractivity contribution is 5.81. The van der Waals surface area contributed by atoms with Crippen molar-refractivity contribution in [3.63, 3.8) is 0 Å². The summed E-state index contributed by atoms with van der Waals surface area (Å²) < 4.78 is 6.25. The number of amides is 1. The molecule has 0 N–H and O–H groups in total. The maximum absolute atomic E-state index is 12.1. The smallest absolute Gasteiger partial charge is 0.214 e. The molecule has 130 valence electrons. The molecule has 1 amide bonds. The molecule has 0 spiro atoms. The summed E-state index contributed by atoms with van der Waals surface area (Å²) in [6.45, 7) is 5.61. The molecule has 1 aromatic rings. The molecule has 2 fully saturated rings. The molecule has 4 nitrogen and oxygen atoms in total. The Bertz CT molecular complexity index is 603. The molecule has 0 aliphatic carbocycles. The molecule has 4 unspecified atom stereocenters. The Labute approximate surface area is 144 Å². The molecule has 2 bridgehead atoms. The van der Waals surface area contributed by atoms with Crippen molar-refractivity contribution in [3.8, 4) is 5.75 Å². The molecule has 24 heavy (non-hydrogen) atoms. The van der Waals surface area contributed by atoms with Crippen molar-refractivity contribution in [1.29, 1.82) is 0 Å². The zero-order valence-electron chi connectivity index (χ0n) is 14.6. The van der Waals surface area contributed by atoms with Gasteiger partial charge in [0.25, 0.3) is 0 Å². The molecule has 1 aromatic carbocycles. The second-order valence-corrected chi connectivity index (χ2v) is 7.66. The quantitative estimate of drug-likeness (QED) is 0.799. The topological polar surface area (TPSA) is 32.8 Å². The van der Waals surface area contributed by atoms with Crippen LogP contribution in [0.3, 0.4) is 0 Å². The van der Waals surface area contributed by atoms with E-state index in [-0.39, 0.29) is 6.10 Å². The van der Waals surface area contributed by atoms with E-state index < -0.39 is 0 Å². The summed E-state index contributed by atoms with van der Waals surface area (Å²) >= 11 is 0. The van der Waals surface area contributed by atoms with Gasteiger partial charge in [0.1, 0.15) is 5.75 Å². The first-order chi connectivity index (χ1) is 11.8. The number of carbonyl (C=O) groups is 1. The maximum atomic E-state index is 12.1. The summed E-state index contributed by atoms with van der Waals surface area (Å²) in [6, 6.07) is 6.62. The van der Waals surface area contributed by atoms with Gasteiger partial charge in [0.2, 0.25) is 6.41 Å². The molecular formula is C20H28N2O2. The molecule has 4 rings (SSSR count). The van der Waals surface area contributed by atoms with Crippen LogP contribution in [0.1, 0.15) is 44.6 Å². The number of rotatable bonds is 3. The predicted molar refractivity (Wildman–Crippen MR) is 95.6 cm³/mol. The van der Waals surface area contributed by atoms with Crippen LogP contribution in [-0.4, -0.2) is 43.1 Å². The summed E-state index contributed by atoms with van der Waals surface area (Å²) in [7, 11) is 0. The van der Waals surface area contributed by atoms with Gasteiger partial charge < -0.3 is 14.5 Å². The van der Waals surface area contributed by atoms with Gasteiger partial charge in [0, 0.05) is 19.1 Å². The van der Waals surface area contributed by atoms with E-state index in [9.17, 15) is 4.79 Å². The summed E-state index contributed by atoms with van der Waals surface area (Å²) in [6.07, 6.45) is 8.10. The summed E-state index contributed by atoms with van der Waals surface area (Å²) in [5.74, 6) is 1.55. The molecule has 4 heteroatoms. The average molecular weight is 328 g/mol. The summed E-state index contributed by atoms with van der Waals surface area (Å²) in [5.41, 5.74) is 2.24. The Morgan fingerprint density at radius 1 is 1.21 bits per heavy atom. The van der Waals surface area contributed by atoms with Crippen LogP contribution < -0.4 is 9.64 Å². The van der Waals surface area contributed by atoms with Gasteiger partial charge in [-0.25, -0.2) is 0 Å². The van der Waals surface area contributed by atoms with Crippen molar-refractivity contribution in [2.75, 3.05) is 24.5 Å². The minimum atomic E-state index is 0.220. The number of hydrogen-bond acceptors (Lipinski definition) is 3. The van der Waals surface area contributed by atoms with Crippen LogP contribution in [-0.2, 0) is 11.2 Å². The zero-order valence-corrected chi connectivity index (χ0v) is 14.6. The first kappa shape index (κ1) is 15.9. The van der Waals surface area contributed by atoms with Crippen molar-refractivity contribution < 1.29 is 9.53 Å². The standard InChI is InChI=1S/C20H28N2O2/c1-15-5-2-6-16-7-3-9-19(20(16)24-15)22(14-23)18-10-12-21-11-4-8-17(18)13-21/h3,7,9,14-15,17-18H,2,4-6,8,10-13H2,1H3. The fourth-order valence-corrected chi connectivity index (χ4v) is 4.79. The number of anilines is 1. The fraction of sp³-hybridized carbons (Fsp3) is 0.650. The lowest BCUT2D eigenvalue weighted by Gasteiger charge is -2.46. The van der Waals surface area contributed by atoms with Crippen molar-refractivity contribution >= 4 is 12.1 Å². The lowest BCUT2D eigenvalue weighted by atomic mass is 9.84. The monoisotopic (exact) mass is 328 g/mol. The largest absolute Gasteiger partial charge is 0.488 e. The van der Waals surface area contributed by atoms with Gasteiger partial charge in [0.05, 0.1) is 11.8 Å². The molecule has 3 aliphatic rings. The zero-order chi connectivity index (χ0) is 16.5. The SMILES string of the molecule is CC1CCCc2cccc(N(C=O)C3CCN4CCCC3C4)c2O1. The van der Waals surface area contributed by atoms with Crippen molar-refractivity contribution in [3.05, 3.63) is 23.8 Å². The van der Waals surface area contributed by atoms with E-state index in [0.717, 1.165) is 56.6 Å². The number of benzene rings is 1. The Morgan fingerprint density at radius 3 is 3.00 bits per heavy atom. The highest BCUT2D eigenvalue weighted by Crippen LogP contribution is 2.40. The van der Waals surface area contributed by atoms with E-state index in [4.69, 9.17) is 4.74 Å². The molecular weight excluding hydrogens is 300 g/mol. The number of hydrogen-bond donors (Lipinski definition) is 0. The minimum absolute atomic E-state index is 0.220. The second-order valence-electron chi connectivity index (χ2n) is 7.66. The molecule has 0 aromatic heterocycles. The first-order valence-corrected chi connectivity index (χ1v) is 9.51. The Kier molecular flexibility index (Phi) is 4.49. The van der Waals surface area contributed by atoms with E-state index >= 15 is 0 Å². The van der Waals surface area contributed by atoms with E-state index in [1.807, 2.05) is 4.90 Å². The van der Waals surface area contributed by atoms with Crippen molar-refractivity contribution in [1.82, 2.24) is 4.90 Å². The second kappa shape index (κ2) is 6.75. The number of piperidine rings is 2. The van der Waals surface area contributed by atoms with Crippen molar-refractivity contribution in [2.45, 2.75) is 57.6 Å². The number of ether oxygens (including phenoxy) is 1. The van der Waals surface area contributed by atoms with Crippen LogP contribution in [0.15, 0.2) is 18.2 Å². The highest BCUT2D eigenvalue weighted by atomic mass is 16.5. The van der Waals surface area contributed by atoms with Crippen LogP contribution in [0.5, 0.6) is 5.75 Å². The lowest BCUT2D eigenvalue weighted by molar-refractivity contribution is -0.108. The Balaban J connectivity index is 1.67. The molecule has 3 heterocycles. The summed E-state index contributed by atoms with van der Waals surface area (Å²) in [5, 5.41) is 0. The Morgan fingerprint density at radius 2 is 2.12 bits per heavy atom.